The average Bonchev–Trinajstić information content (AvgIpc) is 2.35. The summed E-state index contributed by atoms with van der Waals surface area (Å²) >= 11 is 0. The minimum atomic E-state index is -0.154. The molecular weight excluding hydrogens is 240 g/mol. The molecule has 0 unspecified atom stereocenters. The number of carbonyl (C=O) groups is 1. The lowest BCUT2D eigenvalue weighted by molar-refractivity contribution is -0.114. The SMILES string of the molecule is CC(=O)Nc1ccc(Oc2ccc(C)cc2)cc1N. The minimum absolute atomic E-state index is 0.154. The Labute approximate surface area is 112 Å². The maximum Gasteiger partial charge on any atom is 0.221 e. The normalized spacial score (nSPS) is 10.0. The van der Waals surface area contributed by atoms with Crippen molar-refractivity contribution in [2.45, 2.75) is 13.8 Å². The Bertz CT molecular complexity index is 592. The van der Waals surface area contributed by atoms with Crippen LogP contribution in [-0.4, -0.2) is 5.91 Å². The van der Waals surface area contributed by atoms with Gasteiger partial charge in [-0.1, -0.05) is 17.7 Å². The van der Waals surface area contributed by atoms with Crippen LogP contribution in [0.25, 0.3) is 0 Å². The monoisotopic (exact) mass is 256 g/mol. The zero-order valence-corrected chi connectivity index (χ0v) is 10.9. The van der Waals surface area contributed by atoms with E-state index in [-0.39, 0.29) is 5.91 Å². The molecule has 0 aliphatic rings. The molecule has 98 valence electrons. The van der Waals surface area contributed by atoms with Gasteiger partial charge in [0.1, 0.15) is 11.5 Å². The maximum absolute atomic E-state index is 11.0. The van der Waals surface area contributed by atoms with Gasteiger partial charge in [-0.2, -0.15) is 0 Å². The Morgan fingerprint density at radius 2 is 1.74 bits per heavy atom. The summed E-state index contributed by atoms with van der Waals surface area (Å²) < 4.78 is 5.68. The second kappa shape index (κ2) is 5.44. The van der Waals surface area contributed by atoms with Crippen LogP contribution < -0.4 is 15.8 Å². The van der Waals surface area contributed by atoms with E-state index in [2.05, 4.69) is 5.32 Å². The first-order valence-electron chi connectivity index (χ1n) is 5.96. The molecule has 1 amide bonds. The quantitative estimate of drug-likeness (QED) is 0.828. The van der Waals surface area contributed by atoms with Gasteiger partial charge in [-0.25, -0.2) is 0 Å². The van der Waals surface area contributed by atoms with Crippen molar-refractivity contribution in [3.8, 4) is 11.5 Å². The molecule has 19 heavy (non-hydrogen) atoms. The molecule has 0 saturated carbocycles. The van der Waals surface area contributed by atoms with Crippen LogP contribution in [0.5, 0.6) is 11.5 Å². The van der Waals surface area contributed by atoms with Crippen LogP contribution in [0.3, 0.4) is 0 Å². The molecule has 0 saturated heterocycles. The summed E-state index contributed by atoms with van der Waals surface area (Å²) in [5.74, 6) is 1.23. The highest BCUT2D eigenvalue weighted by Gasteiger charge is 2.04. The van der Waals surface area contributed by atoms with Crippen LogP contribution in [0.15, 0.2) is 42.5 Å². The summed E-state index contributed by atoms with van der Waals surface area (Å²) in [5.41, 5.74) is 8.09. The van der Waals surface area contributed by atoms with Crippen LogP contribution in [0.1, 0.15) is 12.5 Å². The molecule has 0 bridgehead atoms. The molecule has 0 spiro atoms. The molecular formula is C15H16N2O2. The topological polar surface area (TPSA) is 64.3 Å². The van der Waals surface area contributed by atoms with Gasteiger partial charge >= 0.3 is 0 Å². The first kappa shape index (κ1) is 13.0. The van der Waals surface area contributed by atoms with E-state index in [4.69, 9.17) is 10.5 Å². The molecule has 4 heteroatoms. The van der Waals surface area contributed by atoms with Gasteiger partial charge in [0, 0.05) is 13.0 Å². The van der Waals surface area contributed by atoms with Gasteiger partial charge in [0.25, 0.3) is 0 Å². The first-order valence-corrected chi connectivity index (χ1v) is 5.96. The molecule has 2 rings (SSSR count). The standard InChI is InChI=1S/C15H16N2O2/c1-10-3-5-12(6-4-10)19-13-7-8-15(14(16)9-13)17-11(2)18/h3-9H,16H2,1-2H3,(H,17,18). The first-order chi connectivity index (χ1) is 9.04. The zero-order chi connectivity index (χ0) is 13.8. The highest BCUT2D eigenvalue weighted by atomic mass is 16.5. The van der Waals surface area contributed by atoms with Crippen molar-refractivity contribution in [3.63, 3.8) is 0 Å². The van der Waals surface area contributed by atoms with E-state index >= 15 is 0 Å². The van der Waals surface area contributed by atoms with E-state index in [1.165, 1.54) is 12.5 Å². The number of benzene rings is 2. The third-order valence-corrected chi connectivity index (χ3v) is 2.59. The number of amides is 1. The van der Waals surface area contributed by atoms with Crippen molar-refractivity contribution >= 4 is 17.3 Å². The largest absolute Gasteiger partial charge is 0.457 e. The number of nitrogens with two attached hydrogens (primary N) is 1. The van der Waals surface area contributed by atoms with Gasteiger partial charge in [0.15, 0.2) is 0 Å². The smallest absolute Gasteiger partial charge is 0.221 e. The molecule has 0 aliphatic carbocycles. The van der Waals surface area contributed by atoms with Crippen molar-refractivity contribution in [3.05, 3.63) is 48.0 Å². The highest BCUT2D eigenvalue weighted by molar-refractivity contribution is 5.92. The molecule has 0 aliphatic heterocycles. The summed E-state index contributed by atoms with van der Waals surface area (Å²) in [6.45, 7) is 3.46. The van der Waals surface area contributed by atoms with Gasteiger partial charge in [-0.3, -0.25) is 4.79 Å². The van der Waals surface area contributed by atoms with E-state index in [0.717, 1.165) is 5.75 Å². The van der Waals surface area contributed by atoms with Crippen LogP contribution in [0, 0.1) is 6.92 Å². The summed E-state index contributed by atoms with van der Waals surface area (Å²) in [7, 11) is 0. The molecule has 0 radical (unpaired) electrons. The number of ether oxygens (including phenoxy) is 1. The molecule has 2 aromatic carbocycles. The predicted octanol–water partition coefficient (Wildman–Crippen LogP) is 3.33. The highest BCUT2D eigenvalue weighted by Crippen LogP contribution is 2.28. The van der Waals surface area contributed by atoms with Crippen LogP contribution >= 0.6 is 0 Å². The number of rotatable bonds is 3. The van der Waals surface area contributed by atoms with Crippen LogP contribution in [-0.2, 0) is 4.79 Å². The molecule has 2 aromatic rings. The number of aryl methyl sites for hydroxylation is 1. The summed E-state index contributed by atoms with van der Waals surface area (Å²) in [6.07, 6.45) is 0. The summed E-state index contributed by atoms with van der Waals surface area (Å²) in [5, 5.41) is 2.65. The van der Waals surface area contributed by atoms with Crippen molar-refractivity contribution < 1.29 is 9.53 Å². The number of hydrogen-bond acceptors (Lipinski definition) is 3. The maximum atomic E-state index is 11.0. The number of nitrogens with one attached hydrogen (secondary N) is 1. The molecule has 0 fully saturated rings. The lowest BCUT2D eigenvalue weighted by Crippen LogP contribution is -2.07. The summed E-state index contributed by atoms with van der Waals surface area (Å²) in [6, 6.07) is 12.9. The van der Waals surface area contributed by atoms with Gasteiger partial charge in [0.2, 0.25) is 5.91 Å². The minimum Gasteiger partial charge on any atom is -0.457 e. The zero-order valence-electron chi connectivity index (χ0n) is 10.9. The Morgan fingerprint density at radius 1 is 1.11 bits per heavy atom. The molecule has 0 heterocycles. The number of nitrogen functional groups attached to an aromatic ring is 1. The summed E-state index contributed by atoms with van der Waals surface area (Å²) in [4.78, 5) is 11.0. The second-order valence-electron chi connectivity index (χ2n) is 4.35. The van der Waals surface area contributed by atoms with Gasteiger partial charge in [-0.15, -0.1) is 0 Å². The Kier molecular flexibility index (Phi) is 3.71. The van der Waals surface area contributed by atoms with Crippen molar-refractivity contribution in [2.24, 2.45) is 0 Å². The van der Waals surface area contributed by atoms with E-state index in [1.807, 2.05) is 31.2 Å². The fourth-order valence-electron chi connectivity index (χ4n) is 1.65. The Morgan fingerprint density at radius 3 is 2.32 bits per heavy atom. The van der Waals surface area contributed by atoms with Gasteiger partial charge in [-0.05, 0) is 31.2 Å². The Hall–Kier alpha value is -2.49. The number of anilines is 2. The van der Waals surface area contributed by atoms with Crippen molar-refractivity contribution in [1.82, 2.24) is 0 Å². The van der Waals surface area contributed by atoms with Crippen molar-refractivity contribution in [1.29, 1.82) is 0 Å². The van der Waals surface area contributed by atoms with E-state index in [1.54, 1.807) is 18.2 Å². The fraction of sp³-hybridized carbons (Fsp3) is 0.133. The van der Waals surface area contributed by atoms with Gasteiger partial charge < -0.3 is 15.8 Å². The van der Waals surface area contributed by atoms with Crippen LogP contribution in [0.4, 0.5) is 11.4 Å². The average molecular weight is 256 g/mol. The second-order valence-corrected chi connectivity index (χ2v) is 4.35. The molecule has 4 nitrogen and oxygen atoms in total. The fourth-order valence-corrected chi connectivity index (χ4v) is 1.65. The van der Waals surface area contributed by atoms with E-state index in [9.17, 15) is 4.79 Å². The third-order valence-electron chi connectivity index (χ3n) is 2.59. The van der Waals surface area contributed by atoms with E-state index < -0.39 is 0 Å². The van der Waals surface area contributed by atoms with E-state index in [0.29, 0.717) is 17.1 Å². The lowest BCUT2D eigenvalue weighted by atomic mass is 10.2. The number of hydrogen-bond donors (Lipinski definition) is 2. The molecule has 0 atom stereocenters. The van der Waals surface area contributed by atoms with Gasteiger partial charge in [0.05, 0.1) is 11.4 Å². The van der Waals surface area contributed by atoms with Crippen LogP contribution in [0.2, 0.25) is 0 Å². The van der Waals surface area contributed by atoms with Crippen molar-refractivity contribution in [2.75, 3.05) is 11.1 Å². The third kappa shape index (κ3) is 3.48. The lowest BCUT2D eigenvalue weighted by Gasteiger charge is -2.10. The number of carbonyl (C=O) groups excluding carboxylic acids is 1. The Balaban J connectivity index is 2.15. The molecule has 0 aromatic heterocycles. The predicted molar refractivity (Wildman–Crippen MR) is 76.4 cm³/mol. The molecule has 3 N–H and O–H groups in total.